The average Bonchev–Trinajstić information content (AvgIpc) is 3.23. The maximum absolute atomic E-state index is 14.0. The van der Waals surface area contributed by atoms with E-state index >= 15 is 0 Å². The van der Waals surface area contributed by atoms with Crippen LogP contribution in [0.5, 0.6) is 0 Å². The van der Waals surface area contributed by atoms with E-state index in [1.54, 1.807) is 6.92 Å². The van der Waals surface area contributed by atoms with Crippen molar-refractivity contribution in [2.75, 3.05) is 19.8 Å². The van der Waals surface area contributed by atoms with Gasteiger partial charge in [-0.2, -0.15) is 0 Å². The SMILES string of the molecule is Cc1nc([C@H]2CCCN2C(=O)C2(c3ccc(Cl)cc3)CCOCC2)ncc1C(N)=O. The number of carbonyl (C=O) groups excluding carboxylic acids is 2. The van der Waals surface area contributed by atoms with Crippen molar-refractivity contribution in [3.8, 4) is 0 Å². The fraction of sp³-hybridized carbons (Fsp3) is 0.455. The highest BCUT2D eigenvalue weighted by atomic mass is 35.5. The van der Waals surface area contributed by atoms with E-state index in [4.69, 9.17) is 22.1 Å². The second-order valence-electron chi connectivity index (χ2n) is 7.95. The number of primary amides is 1. The number of ether oxygens (including phenoxy) is 1. The van der Waals surface area contributed by atoms with Gasteiger partial charge in [-0.05, 0) is 50.3 Å². The molecule has 2 aliphatic rings. The summed E-state index contributed by atoms with van der Waals surface area (Å²) < 4.78 is 5.58. The summed E-state index contributed by atoms with van der Waals surface area (Å²) in [5.74, 6) is 0.0832. The predicted molar refractivity (Wildman–Crippen MR) is 112 cm³/mol. The number of nitrogens with zero attached hydrogens (tertiary/aromatic N) is 3. The molecule has 30 heavy (non-hydrogen) atoms. The first-order valence-electron chi connectivity index (χ1n) is 10.2. The average molecular weight is 429 g/mol. The van der Waals surface area contributed by atoms with E-state index in [-0.39, 0.29) is 11.9 Å². The normalized spacial score (nSPS) is 20.9. The third kappa shape index (κ3) is 3.68. The van der Waals surface area contributed by atoms with Gasteiger partial charge >= 0.3 is 0 Å². The molecule has 2 fully saturated rings. The number of carbonyl (C=O) groups is 2. The Morgan fingerprint density at radius 2 is 1.93 bits per heavy atom. The molecule has 7 nitrogen and oxygen atoms in total. The van der Waals surface area contributed by atoms with Crippen LogP contribution in [0, 0.1) is 6.92 Å². The minimum absolute atomic E-state index is 0.0795. The van der Waals surface area contributed by atoms with Gasteiger partial charge < -0.3 is 15.4 Å². The maximum Gasteiger partial charge on any atom is 0.252 e. The molecule has 2 aromatic rings. The first-order valence-corrected chi connectivity index (χ1v) is 10.6. The van der Waals surface area contributed by atoms with E-state index in [9.17, 15) is 9.59 Å². The molecule has 1 atom stereocenters. The lowest BCUT2D eigenvalue weighted by molar-refractivity contribution is -0.142. The van der Waals surface area contributed by atoms with Crippen molar-refractivity contribution >= 4 is 23.4 Å². The van der Waals surface area contributed by atoms with E-state index in [1.165, 1.54) is 6.20 Å². The summed E-state index contributed by atoms with van der Waals surface area (Å²) in [4.78, 5) is 36.3. The molecule has 3 heterocycles. The van der Waals surface area contributed by atoms with Gasteiger partial charge in [-0.1, -0.05) is 23.7 Å². The van der Waals surface area contributed by atoms with Crippen molar-refractivity contribution < 1.29 is 14.3 Å². The lowest BCUT2D eigenvalue weighted by atomic mass is 9.73. The van der Waals surface area contributed by atoms with E-state index in [0.29, 0.717) is 54.7 Å². The van der Waals surface area contributed by atoms with Gasteiger partial charge in [0.1, 0.15) is 0 Å². The lowest BCUT2D eigenvalue weighted by Gasteiger charge is -2.40. The number of aryl methyl sites for hydroxylation is 1. The molecule has 2 N–H and O–H groups in total. The quantitative estimate of drug-likeness (QED) is 0.807. The van der Waals surface area contributed by atoms with Crippen LogP contribution in [-0.2, 0) is 14.9 Å². The van der Waals surface area contributed by atoms with Gasteiger partial charge in [0.15, 0.2) is 5.82 Å². The van der Waals surface area contributed by atoms with Gasteiger partial charge in [0.05, 0.1) is 22.7 Å². The third-order valence-electron chi connectivity index (χ3n) is 6.23. The molecule has 8 heteroatoms. The van der Waals surface area contributed by atoms with E-state index < -0.39 is 11.3 Å². The first kappa shape index (κ1) is 20.8. The van der Waals surface area contributed by atoms with Crippen molar-refractivity contribution in [2.24, 2.45) is 5.73 Å². The van der Waals surface area contributed by atoms with Crippen molar-refractivity contribution in [1.29, 1.82) is 0 Å². The molecule has 2 aliphatic heterocycles. The summed E-state index contributed by atoms with van der Waals surface area (Å²) in [7, 11) is 0. The van der Waals surface area contributed by atoms with Crippen molar-refractivity contribution in [3.05, 3.63) is 58.1 Å². The molecular formula is C22H25ClN4O3. The smallest absolute Gasteiger partial charge is 0.252 e. The van der Waals surface area contributed by atoms with Crippen LogP contribution in [0.2, 0.25) is 5.02 Å². The van der Waals surface area contributed by atoms with Crippen LogP contribution in [0.4, 0.5) is 0 Å². The number of aromatic nitrogens is 2. The molecule has 0 unspecified atom stereocenters. The topological polar surface area (TPSA) is 98.4 Å². The monoisotopic (exact) mass is 428 g/mol. The van der Waals surface area contributed by atoms with E-state index in [2.05, 4.69) is 9.97 Å². The van der Waals surface area contributed by atoms with Gasteiger partial charge in [0.2, 0.25) is 5.91 Å². The maximum atomic E-state index is 14.0. The third-order valence-corrected chi connectivity index (χ3v) is 6.48. The van der Waals surface area contributed by atoms with Crippen LogP contribution in [0.15, 0.2) is 30.5 Å². The molecule has 0 radical (unpaired) electrons. The number of amides is 2. The summed E-state index contributed by atoms with van der Waals surface area (Å²) in [6.45, 7) is 3.46. The molecular weight excluding hydrogens is 404 g/mol. The Labute approximate surface area is 180 Å². The van der Waals surface area contributed by atoms with Crippen LogP contribution in [0.1, 0.15) is 59.2 Å². The molecule has 0 spiro atoms. The van der Waals surface area contributed by atoms with Crippen LogP contribution in [-0.4, -0.2) is 46.4 Å². The predicted octanol–water partition coefficient (Wildman–Crippen LogP) is 2.95. The Bertz CT molecular complexity index is 957. The summed E-state index contributed by atoms with van der Waals surface area (Å²) in [5, 5.41) is 0.644. The minimum atomic E-state index is -0.645. The van der Waals surface area contributed by atoms with Crippen LogP contribution < -0.4 is 5.73 Å². The van der Waals surface area contributed by atoms with Gasteiger partial charge in [-0.15, -0.1) is 0 Å². The molecule has 2 amide bonds. The number of hydrogen-bond donors (Lipinski definition) is 1. The molecule has 0 bridgehead atoms. The summed E-state index contributed by atoms with van der Waals surface area (Å²) in [6, 6.07) is 7.33. The van der Waals surface area contributed by atoms with Gasteiger partial charge in [-0.25, -0.2) is 9.97 Å². The zero-order valence-corrected chi connectivity index (χ0v) is 17.7. The molecule has 158 valence electrons. The van der Waals surface area contributed by atoms with E-state index in [0.717, 1.165) is 18.4 Å². The van der Waals surface area contributed by atoms with Gasteiger partial charge in [0.25, 0.3) is 5.91 Å². The zero-order chi connectivity index (χ0) is 21.3. The number of benzene rings is 1. The molecule has 0 aliphatic carbocycles. The number of likely N-dealkylation sites (tertiary alicyclic amines) is 1. The summed E-state index contributed by atoms with van der Waals surface area (Å²) >= 11 is 6.09. The molecule has 4 rings (SSSR count). The highest BCUT2D eigenvalue weighted by Crippen LogP contribution is 2.41. The Balaban J connectivity index is 1.68. The summed E-state index contributed by atoms with van der Waals surface area (Å²) in [5.41, 5.74) is 6.53. The van der Waals surface area contributed by atoms with Crippen molar-refractivity contribution in [2.45, 2.75) is 44.1 Å². The fourth-order valence-corrected chi connectivity index (χ4v) is 4.68. The minimum Gasteiger partial charge on any atom is -0.381 e. The van der Waals surface area contributed by atoms with Crippen LogP contribution in [0.25, 0.3) is 0 Å². The highest BCUT2D eigenvalue weighted by molar-refractivity contribution is 6.30. The molecule has 1 aromatic carbocycles. The Kier molecular flexibility index (Phi) is 5.75. The van der Waals surface area contributed by atoms with Gasteiger partial charge in [-0.3, -0.25) is 9.59 Å². The largest absolute Gasteiger partial charge is 0.381 e. The standard InChI is InChI=1S/C22H25ClN4O3/c1-14-17(19(24)28)13-25-20(26-14)18-3-2-10-27(18)21(29)22(8-11-30-12-9-22)15-4-6-16(23)7-5-15/h4-7,13,18H,2-3,8-12H2,1H3,(H2,24,28)/t18-/m1/s1. The van der Waals surface area contributed by atoms with Crippen molar-refractivity contribution in [1.82, 2.24) is 14.9 Å². The Morgan fingerprint density at radius 1 is 1.23 bits per heavy atom. The van der Waals surface area contributed by atoms with Crippen molar-refractivity contribution in [3.63, 3.8) is 0 Å². The molecule has 2 saturated heterocycles. The highest BCUT2D eigenvalue weighted by Gasteiger charge is 2.47. The van der Waals surface area contributed by atoms with Gasteiger partial charge in [0, 0.05) is 31.0 Å². The summed E-state index contributed by atoms with van der Waals surface area (Å²) in [6.07, 6.45) is 4.37. The zero-order valence-electron chi connectivity index (χ0n) is 16.9. The number of nitrogens with two attached hydrogens (primary N) is 1. The lowest BCUT2D eigenvalue weighted by Crippen LogP contribution is -2.49. The van der Waals surface area contributed by atoms with Crippen LogP contribution in [0.3, 0.4) is 0 Å². The molecule has 1 aromatic heterocycles. The van der Waals surface area contributed by atoms with Crippen LogP contribution >= 0.6 is 11.6 Å². The molecule has 0 saturated carbocycles. The fourth-order valence-electron chi connectivity index (χ4n) is 4.56. The number of halogens is 1. The number of rotatable bonds is 4. The second kappa shape index (κ2) is 8.32. The Morgan fingerprint density at radius 3 is 2.57 bits per heavy atom. The Hall–Kier alpha value is -2.51. The number of hydrogen-bond acceptors (Lipinski definition) is 5. The first-order chi connectivity index (χ1) is 14.4. The second-order valence-corrected chi connectivity index (χ2v) is 8.39. The van der Waals surface area contributed by atoms with E-state index in [1.807, 2.05) is 29.2 Å².